The molecule has 0 spiro atoms. The number of carbonyl (C=O) groups excluding carboxylic acids is 1. The number of aromatic nitrogens is 4. The van der Waals surface area contributed by atoms with Crippen LogP contribution < -0.4 is 10.1 Å². The molecule has 7 nitrogen and oxygen atoms in total. The Labute approximate surface area is 148 Å². The molecule has 1 atom stereocenters. The molecule has 1 amide bonds. The second kappa shape index (κ2) is 6.21. The monoisotopic (exact) mass is 353 g/mol. The predicted octanol–water partition coefficient (Wildman–Crippen LogP) is 2.59. The van der Waals surface area contributed by atoms with Crippen molar-refractivity contribution in [1.82, 2.24) is 20.0 Å². The van der Waals surface area contributed by atoms with Crippen LogP contribution in [0, 0.1) is 12.7 Å². The fourth-order valence-corrected chi connectivity index (χ4v) is 3.23. The van der Waals surface area contributed by atoms with Crippen LogP contribution in [0.5, 0.6) is 5.88 Å². The Bertz CT molecular complexity index is 966. The van der Waals surface area contributed by atoms with Gasteiger partial charge in [-0.3, -0.25) is 4.79 Å². The highest BCUT2D eigenvalue weighted by Gasteiger charge is 2.32. The molecule has 3 aromatic rings. The van der Waals surface area contributed by atoms with Crippen molar-refractivity contribution >= 4 is 11.7 Å². The number of nitrogens with zero attached hydrogens (tertiary/aromatic N) is 4. The van der Waals surface area contributed by atoms with Crippen molar-refractivity contribution in [3.8, 4) is 11.7 Å². The second-order valence-corrected chi connectivity index (χ2v) is 6.05. The summed E-state index contributed by atoms with van der Waals surface area (Å²) in [5, 5.41) is 15.5. The SMILES string of the molecule is COc1ccc(-n2nc(C)c3c2NC(=O)C[C@H]3c2ccc(F)cc2)nn1. The van der Waals surface area contributed by atoms with E-state index in [1.807, 2.05) is 6.92 Å². The number of hydrogen-bond donors (Lipinski definition) is 1. The summed E-state index contributed by atoms with van der Waals surface area (Å²) in [6.45, 7) is 1.88. The van der Waals surface area contributed by atoms with Crippen LogP contribution in [-0.2, 0) is 4.79 Å². The van der Waals surface area contributed by atoms with E-state index in [0.29, 0.717) is 17.5 Å². The molecule has 8 heteroatoms. The minimum absolute atomic E-state index is 0.130. The highest BCUT2D eigenvalue weighted by molar-refractivity contribution is 5.95. The maximum atomic E-state index is 13.3. The van der Waals surface area contributed by atoms with Crippen molar-refractivity contribution in [3.63, 3.8) is 0 Å². The van der Waals surface area contributed by atoms with Crippen LogP contribution in [0.2, 0.25) is 0 Å². The number of anilines is 1. The molecule has 0 saturated carbocycles. The molecular weight excluding hydrogens is 337 g/mol. The molecule has 1 aliphatic rings. The Kier molecular flexibility index (Phi) is 3.87. The summed E-state index contributed by atoms with van der Waals surface area (Å²) >= 11 is 0. The van der Waals surface area contributed by atoms with Crippen molar-refractivity contribution in [2.75, 3.05) is 12.4 Å². The number of rotatable bonds is 3. The molecule has 3 heterocycles. The molecule has 0 radical (unpaired) electrons. The van der Waals surface area contributed by atoms with Crippen molar-refractivity contribution in [2.24, 2.45) is 0 Å². The van der Waals surface area contributed by atoms with Gasteiger partial charge < -0.3 is 10.1 Å². The van der Waals surface area contributed by atoms with Gasteiger partial charge in [-0.2, -0.15) is 9.78 Å². The average Bonchev–Trinajstić information content (AvgIpc) is 2.98. The number of aryl methyl sites for hydroxylation is 1. The van der Waals surface area contributed by atoms with Crippen LogP contribution in [0.4, 0.5) is 10.2 Å². The van der Waals surface area contributed by atoms with Crippen molar-refractivity contribution in [1.29, 1.82) is 0 Å². The highest BCUT2D eigenvalue weighted by Crippen LogP contribution is 2.39. The van der Waals surface area contributed by atoms with Crippen molar-refractivity contribution in [3.05, 3.63) is 59.0 Å². The summed E-state index contributed by atoms with van der Waals surface area (Å²) in [5.41, 5.74) is 2.53. The fourth-order valence-electron chi connectivity index (χ4n) is 3.23. The van der Waals surface area contributed by atoms with Gasteiger partial charge in [0, 0.05) is 24.0 Å². The smallest absolute Gasteiger partial charge is 0.233 e. The summed E-state index contributed by atoms with van der Waals surface area (Å²) < 4.78 is 19.9. The third-order valence-electron chi connectivity index (χ3n) is 4.43. The van der Waals surface area contributed by atoms with Gasteiger partial charge in [0.2, 0.25) is 11.8 Å². The zero-order valence-corrected chi connectivity index (χ0v) is 14.2. The van der Waals surface area contributed by atoms with Gasteiger partial charge in [-0.15, -0.1) is 10.2 Å². The third-order valence-corrected chi connectivity index (χ3v) is 4.43. The van der Waals surface area contributed by atoms with Crippen molar-refractivity contribution < 1.29 is 13.9 Å². The number of methoxy groups -OCH3 is 1. The fraction of sp³-hybridized carbons (Fsp3) is 0.222. The minimum Gasteiger partial charge on any atom is -0.480 e. The number of benzene rings is 1. The number of amides is 1. The molecule has 132 valence electrons. The second-order valence-electron chi connectivity index (χ2n) is 6.05. The van der Waals surface area contributed by atoms with Crippen LogP contribution in [0.3, 0.4) is 0 Å². The molecule has 0 saturated heterocycles. The summed E-state index contributed by atoms with van der Waals surface area (Å²) in [6, 6.07) is 9.59. The van der Waals surface area contributed by atoms with E-state index in [2.05, 4.69) is 20.6 Å². The molecule has 4 rings (SSSR count). The van der Waals surface area contributed by atoms with Gasteiger partial charge in [0.05, 0.1) is 12.8 Å². The Morgan fingerprint density at radius 2 is 1.96 bits per heavy atom. The molecule has 2 aromatic heterocycles. The lowest BCUT2D eigenvalue weighted by Crippen LogP contribution is -2.25. The van der Waals surface area contributed by atoms with Gasteiger partial charge in [0.15, 0.2) is 5.82 Å². The van der Waals surface area contributed by atoms with Gasteiger partial charge in [-0.1, -0.05) is 12.1 Å². The number of nitrogens with one attached hydrogen (secondary N) is 1. The summed E-state index contributed by atoms with van der Waals surface area (Å²) in [6.07, 6.45) is 0.277. The van der Waals surface area contributed by atoms with Gasteiger partial charge in [-0.05, 0) is 30.7 Å². The van der Waals surface area contributed by atoms with E-state index in [4.69, 9.17) is 4.74 Å². The molecule has 1 aliphatic heterocycles. The van der Waals surface area contributed by atoms with E-state index in [1.54, 1.807) is 28.9 Å². The Morgan fingerprint density at radius 1 is 1.19 bits per heavy atom. The van der Waals surface area contributed by atoms with E-state index < -0.39 is 0 Å². The normalized spacial score (nSPS) is 16.1. The van der Waals surface area contributed by atoms with Crippen LogP contribution in [0.1, 0.15) is 29.2 Å². The third kappa shape index (κ3) is 2.69. The van der Waals surface area contributed by atoms with Crippen LogP contribution in [-0.4, -0.2) is 33.0 Å². The van der Waals surface area contributed by atoms with E-state index in [-0.39, 0.29) is 24.1 Å². The molecular formula is C18H16FN5O2. The number of fused-ring (bicyclic) bond motifs is 1. The summed E-state index contributed by atoms with van der Waals surface area (Å²) in [4.78, 5) is 12.3. The average molecular weight is 353 g/mol. The number of halogens is 1. The van der Waals surface area contributed by atoms with Gasteiger partial charge in [0.1, 0.15) is 11.6 Å². The van der Waals surface area contributed by atoms with Crippen LogP contribution in [0.15, 0.2) is 36.4 Å². The van der Waals surface area contributed by atoms with Gasteiger partial charge in [-0.25, -0.2) is 4.39 Å². The first-order valence-corrected chi connectivity index (χ1v) is 8.09. The first-order chi connectivity index (χ1) is 12.6. The van der Waals surface area contributed by atoms with E-state index in [9.17, 15) is 9.18 Å². The summed E-state index contributed by atoms with van der Waals surface area (Å²) in [5.74, 6) is 0.784. The maximum absolute atomic E-state index is 13.3. The number of carbonyl (C=O) groups is 1. The number of hydrogen-bond acceptors (Lipinski definition) is 5. The number of ether oxygens (including phenoxy) is 1. The minimum atomic E-state index is -0.310. The molecule has 0 unspecified atom stereocenters. The molecule has 0 bridgehead atoms. The lowest BCUT2D eigenvalue weighted by atomic mass is 9.86. The molecule has 0 aliphatic carbocycles. The van der Waals surface area contributed by atoms with Gasteiger partial charge >= 0.3 is 0 Å². The molecule has 1 aromatic carbocycles. The largest absolute Gasteiger partial charge is 0.480 e. The lowest BCUT2D eigenvalue weighted by molar-refractivity contribution is -0.116. The predicted molar refractivity (Wildman–Crippen MR) is 91.9 cm³/mol. The standard InChI is InChI=1S/C18H16FN5O2/c1-10-17-13(11-3-5-12(19)6-4-11)9-15(25)20-18(17)24(23-10)14-7-8-16(26-2)22-21-14/h3-8,13H,9H2,1-2H3,(H,20,25)/t13-/m0/s1. The first kappa shape index (κ1) is 16.2. The van der Waals surface area contributed by atoms with E-state index in [0.717, 1.165) is 16.8 Å². The Morgan fingerprint density at radius 3 is 2.62 bits per heavy atom. The van der Waals surface area contributed by atoms with Crippen molar-refractivity contribution in [2.45, 2.75) is 19.3 Å². The quantitative estimate of drug-likeness (QED) is 0.783. The van der Waals surface area contributed by atoms with E-state index in [1.165, 1.54) is 19.2 Å². The molecule has 1 N–H and O–H groups in total. The zero-order valence-electron chi connectivity index (χ0n) is 14.2. The maximum Gasteiger partial charge on any atom is 0.233 e. The summed E-state index contributed by atoms with van der Waals surface area (Å²) in [7, 11) is 1.51. The molecule has 26 heavy (non-hydrogen) atoms. The highest BCUT2D eigenvalue weighted by atomic mass is 19.1. The topological polar surface area (TPSA) is 81.9 Å². The van der Waals surface area contributed by atoms with Gasteiger partial charge in [0.25, 0.3) is 0 Å². The lowest BCUT2D eigenvalue weighted by Gasteiger charge is -2.24. The molecule has 0 fully saturated rings. The Balaban J connectivity index is 1.82. The van der Waals surface area contributed by atoms with E-state index >= 15 is 0 Å². The van der Waals surface area contributed by atoms with Crippen LogP contribution >= 0.6 is 0 Å². The Hall–Kier alpha value is -3.29. The first-order valence-electron chi connectivity index (χ1n) is 8.09. The van der Waals surface area contributed by atoms with Crippen LogP contribution in [0.25, 0.3) is 5.82 Å². The zero-order chi connectivity index (χ0) is 18.3.